The standard InChI is InChI=1S/C19H14FNO2/c20-17-11-4-5-12-18(17)21-19(22)14-7-6-10-16(13-14)23-15-8-2-1-3-9-15/h1-13H,(H,21,22). The fourth-order valence-electron chi connectivity index (χ4n) is 2.08. The van der Waals surface area contributed by atoms with Gasteiger partial charge in [-0.15, -0.1) is 0 Å². The molecule has 0 heterocycles. The molecule has 3 aromatic rings. The number of para-hydroxylation sites is 2. The topological polar surface area (TPSA) is 38.3 Å². The molecule has 0 fully saturated rings. The van der Waals surface area contributed by atoms with Gasteiger partial charge in [0.15, 0.2) is 0 Å². The van der Waals surface area contributed by atoms with Crippen LogP contribution in [0.5, 0.6) is 11.5 Å². The molecule has 3 aromatic carbocycles. The summed E-state index contributed by atoms with van der Waals surface area (Å²) in [7, 11) is 0. The van der Waals surface area contributed by atoms with Crippen LogP contribution in [0.2, 0.25) is 0 Å². The van der Waals surface area contributed by atoms with Crippen LogP contribution in [-0.2, 0) is 0 Å². The van der Waals surface area contributed by atoms with Gasteiger partial charge in [0.1, 0.15) is 17.3 Å². The molecule has 0 aliphatic carbocycles. The van der Waals surface area contributed by atoms with Crippen LogP contribution in [0.1, 0.15) is 10.4 Å². The Morgan fingerprint density at radius 3 is 2.30 bits per heavy atom. The molecule has 1 amide bonds. The van der Waals surface area contributed by atoms with E-state index in [0.717, 1.165) is 0 Å². The fourth-order valence-corrected chi connectivity index (χ4v) is 2.08. The molecule has 0 unspecified atom stereocenters. The SMILES string of the molecule is O=C(Nc1ccccc1F)c1cccc(Oc2ccccc2)c1. The van der Waals surface area contributed by atoms with Crippen molar-refractivity contribution in [3.05, 3.63) is 90.2 Å². The summed E-state index contributed by atoms with van der Waals surface area (Å²) in [6, 6.07) is 22.0. The molecule has 0 spiro atoms. The average Bonchev–Trinajstić information content (AvgIpc) is 2.58. The van der Waals surface area contributed by atoms with Gasteiger partial charge in [0.25, 0.3) is 5.91 Å². The molecular weight excluding hydrogens is 293 g/mol. The Labute approximate surface area is 133 Å². The Morgan fingerprint density at radius 2 is 1.52 bits per heavy atom. The first-order valence-electron chi connectivity index (χ1n) is 7.11. The number of halogens is 1. The quantitative estimate of drug-likeness (QED) is 0.746. The molecule has 0 aliphatic heterocycles. The highest BCUT2D eigenvalue weighted by Crippen LogP contribution is 2.22. The molecule has 0 atom stereocenters. The van der Waals surface area contributed by atoms with E-state index in [2.05, 4.69) is 5.32 Å². The number of hydrogen-bond acceptors (Lipinski definition) is 2. The number of hydrogen-bond donors (Lipinski definition) is 1. The van der Waals surface area contributed by atoms with Crippen LogP contribution in [0.4, 0.5) is 10.1 Å². The van der Waals surface area contributed by atoms with Gasteiger partial charge in [-0.2, -0.15) is 0 Å². The van der Waals surface area contributed by atoms with E-state index in [-0.39, 0.29) is 5.69 Å². The first kappa shape index (κ1) is 14.8. The number of carbonyl (C=O) groups is 1. The second-order valence-electron chi connectivity index (χ2n) is 4.88. The van der Waals surface area contributed by atoms with Crippen LogP contribution in [0.15, 0.2) is 78.9 Å². The van der Waals surface area contributed by atoms with E-state index in [1.165, 1.54) is 12.1 Å². The highest BCUT2D eigenvalue weighted by molar-refractivity contribution is 6.04. The van der Waals surface area contributed by atoms with Gasteiger partial charge >= 0.3 is 0 Å². The van der Waals surface area contributed by atoms with E-state index in [1.54, 1.807) is 36.4 Å². The second kappa shape index (κ2) is 6.75. The summed E-state index contributed by atoms with van der Waals surface area (Å²) in [6.07, 6.45) is 0. The van der Waals surface area contributed by atoms with Crippen molar-refractivity contribution in [2.24, 2.45) is 0 Å². The third-order valence-corrected chi connectivity index (χ3v) is 3.20. The van der Waals surface area contributed by atoms with Crippen molar-refractivity contribution in [2.45, 2.75) is 0 Å². The minimum absolute atomic E-state index is 0.145. The maximum absolute atomic E-state index is 13.6. The lowest BCUT2D eigenvalue weighted by Crippen LogP contribution is -2.12. The summed E-state index contributed by atoms with van der Waals surface area (Å²) in [5.41, 5.74) is 0.536. The van der Waals surface area contributed by atoms with Crippen LogP contribution in [0, 0.1) is 5.82 Å². The van der Waals surface area contributed by atoms with Crippen molar-refractivity contribution in [2.75, 3.05) is 5.32 Å². The second-order valence-corrected chi connectivity index (χ2v) is 4.88. The van der Waals surface area contributed by atoms with Crippen molar-refractivity contribution in [3.8, 4) is 11.5 Å². The molecule has 3 nitrogen and oxygen atoms in total. The third kappa shape index (κ3) is 3.74. The molecule has 0 aromatic heterocycles. The molecule has 0 saturated carbocycles. The lowest BCUT2D eigenvalue weighted by atomic mass is 10.2. The van der Waals surface area contributed by atoms with E-state index < -0.39 is 11.7 Å². The van der Waals surface area contributed by atoms with E-state index in [9.17, 15) is 9.18 Å². The Balaban J connectivity index is 1.77. The third-order valence-electron chi connectivity index (χ3n) is 3.20. The van der Waals surface area contributed by atoms with Gasteiger partial charge in [0, 0.05) is 5.56 Å². The minimum atomic E-state index is -0.474. The van der Waals surface area contributed by atoms with E-state index in [0.29, 0.717) is 17.1 Å². The van der Waals surface area contributed by atoms with Crippen LogP contribution in [0.25, 0.3) is 0 Å². The fraction of sp³-hybridized carbons (Fsp3) is 0. The number of ether oxygens (including phenoxy) is 1. The normalized spacial score (nSPS) is 10.1. The van der Waals surface area contributed by atoms with Crippen molar-refractivity contribution in [1.29, 1.82) is 0 Å². The van der Waals surface area contributed by atoms with Crippen LogP contribution in [-0.4, -0.2) is 5.91 Å². The van der Waals surface area contributed by atoms with Gasteiger partial charge in [-0.1, -0.05) is 36.4 Å². The van der Waals surface area contributed by atoms with Gasteiger partial charge in [0.2, 0.25) is 0 Å². The number of rotatable bonds is 4. The van der Waals surface area contributed by atoms with Gasteiger partial charge in [-0.25, -0.2) is 4.39 Å². The molecule has 0 radical (unpaired) electrons. The van der Waals surface area contributed by atoms with Crippen LogP contribution < -0.4 is 10.1 Å². The van der Waals surface area contributed by atoms with Gasteiger partial charge in [-0.3, -0.25) is 4.79 Å². The zero-order chi connectivity index (χ0) is 16.1. The monoisotopic (exact) mass is 307 g/mol. The number of carbonyl (C=O) groups excluding carboxylic acids is 1. The van der Waals surface area contributed by atoms with Crippen molar-refractivity contribution >= 4 is 11.6 Å². The number of benzene rings is 3. The predicted octanol–water partition coefficient (Wildman–Crippen LogP) is 4.87. The summed E-state index contributed by atoms with van der Waals surface area (Å²) in [6.45, 7) is 0. The number of anilines is 1. The maximum atomic E-state index is 13.6. The average molecular weight is 307 g/mol. The number of amides is 1. The zero-order valence-corrected chi connectivity index (χ0v) is 12.2. The minimum Gasteiger partial charge on any atom is -0.457 e. The van der Waals surface area contributed by atoms with E-state index >= 15 is 0 Å². The largest absolute Gasteiger partial charge is 0.457 e. The first-order chi connectivity index (χ1) is 11.2. The Morgan fingerprint density at radius 1 is 0.826 bits per heavy atom. The summed E-state index contributed by atoms with van der Waals surface area (Å²) in [5, 5.41) is 2.55. The summed E-state index contributed by atoms with van der Waals surface area (Å²) in [5.74, 6) is 0.350. The zero-order valence-electron chi connectivity index (χ0n) is 12.2. The molecule has 1 N–H and O–H groups in total. The summed E-state index contributed by atoms with van der Waals surface area (Å²) in [4.78, 5) is 12.2. The maximum Gasteiger partial charge on any atom is 0.255 e. The molecular formula is C19H14FNO2. The molecule has 0 aliphatic rings. The summed E-state index contributed by atoms with van der Waals surface area (Å²) < 4.78 is 19.3. The van der Waals surface area contributed by atoms with Gasteiger partial charge in [0.05, 0.1) is 5.69 Å². The highest BCUT2D eigenvalue weighted by atomic mass is 19.1. The predicted molar refractivity (Wildman–Crippen MR) is 87.3 cm³/mol. The van der Waals surface area contributed by atoms with E-state index in [4.69, 9.17) is 4.74 Å². The molecule has 23 heavy (non-hydrogen) atoms. The van der Waals surface area contributed by atoms with Gasteiger partial charge in [-0.05, 0) is 42.5 Å². The summed E-state index contributed by atoms with van der Waals surface area (Å²) >= 11 is 0. The molecule has 114 valence electrons. The Bertz CT molecular complexity index is 818. The Hall–Kier alpha value is -3.14. The van der Waals surface area contributed by atoms with Gasteiger partial charge < -0.3 is 10.1 Å². The Kier molecular flexibility index (Phi) is 4.34. The lowest BCUT2D eigenvalue weighted by molar-refractivity contribution is 0.102. The van der Waals surface area contributed by atoms with Crippen molar-refractivity contribution < 1.29 is 13.9 Å². The molecule has 0 saturated heterocycles. The van der Waals surface area contributed by atoms with Crippen molar-refractivity contribution in [3.63, 3.8) is 0 Å². The lowest BCUT2D eigenvalue weighted by Gasteiger charge is -2.09. The molecule has 3 rings (SSSR count). The van der Waals surface area contributed by atoms with Crippen molar-refractivity contribution in [1.82, 2.24) is 0 Å². The smallest absolute Gasteiger partial charge is 0.255 e. The highest BCUT2D eigenvalue weighted by Gasteiger charge is 2.10. The van der Waals surface area contributed by atoms with Crippen LogP contribution >= 0.6 is 0 Å². The first-order valence-corrected chi connectivity index (χ1v) is 7.11. The van der Waals surface area contributed by atoms with Crippen LogP contribution in [0.3, 0.4) is 0 Å². The number of nitrogens with one attached hydrogen (secondary N) is 1. The molecule has 4 heteroatoms. The molecule has 0 bridgehead atoms. The van der Waals surface area contributed by atoms with E-state index in [1.807, 2.05) is 30.3 Å².